The summed E-state index contributed by atoms with van der Waals surface area (Å²) in [7, 11) is 0. The lowest BCUT2D eigenvalue weighted by Crippen LogP contribution is -2.30. The summed E-state index contributed by atoms with van der Waals surface area (Å²) in [5.41, 5.74) is -2.19. The van der Waals surface area contributed by atoms with Crippen molar-refractivity contribution in [2.45, 2.75) is 0 Å². The van der Waals surface area contributed by atoms with E-state index in [4.69, 9.17) is 23.2 Å². The summed E-state index contributed by atoms with van der Waals surface area (Å²) in [4.78, 5) is 38.8. The first-order valence-electron chi connectivity index (χ1n) is 7.29. The minimum absolute atomic E-state index is 0.109. The van der Waals surface area contributed by atoms with Crippen LogP contribution < -0.4 is 21.6 Å². The fourth-order valence-corrected chi connectivity index (χ4v) is 2.66. The quantitative estimate of drug-likeness (QED) is 0.500. The van der Waals surface area contributed by atoms with Gasteiger partial charge < -0.3 is 20.7 Å². The highest BCUT2D eigenvalue weighted by atomic mass is 35.5. The SMILES string of the molecule is O=C(Nc1cccc(Cl)c1Cl)Nc1c(O)c2ccccc2[nH]c(=O)c1=O. The standard InChI is InChI=1S/C17H11Cl2N3O4/c18-9-5-3-7-11(12(9)19)21-17(26)22-13-14(23)8-4-1-2-6-10(8)20-16(25)15(13)24/h1-7H,(H4,20,21,22,23,24,25,26). The fraction of sp³-hybridized carbons (Fsp3) is 0. The summed E-state index contributed by atoms with van der Waals surface area (Å²) in [5.74, 6) is -0.531. The molecule has 7 nitrogen and oxygen atoms in total. The maximum absolute atomic E-state index is 12.2. The molecular weight excluding hydrogens is 381 g/mol. The number of fused-ring (bicyclic) bond motifs is 1. The van der Waals surface area contributed by atoms with Gasteiger partial charge in [0, 0.05) is 5.39 Å². The molecule has 132 valence electrons. The van der Waals surface area contributed by atoms with Crippen LogP contribution in [0.4, 0.5) is 16.2 Å². The number of para-hydroxylation sites is 1. The molecule has 0 aliphatic carbocycles. The molecule has 26 heavy (non-hydrogen) atoms. The van der Waals surface area contributed by atoms with Gasteiger partial charge in [0.2, 0.25) is 0 Å². The van der Waals surface area contributed by atoms with Crippen molar-refractivity contribution in [2.75, 3.05) is 10.6 Å². The molecule has 0 saturated carbocycles. The van der Waals surface area contributed by atoms with Crippen molar-refractivity contribution in [2.24, 2.45) is 0 Å². The van der Waals surface area contributed by atoms with Crippen molar-refractivity contribution in [1.29, 1.82) is 0 Å². The van der Waals surface area contributed by atoms with Crippen LogP contribution in [0.3, 0.4) is 0 Å². The first-order valence-corrected chi connectivity index (χ1v) is 8.04. The number of carbonyl (C=O) groups is 1. The first-order chi connectivity index (χ1) is 12.4. The molecule has 3 aromatic rings. The van der Waals surface area contributed by atoms with Crippen molar-refractivity contribution in [1.82, 2.24) is 4.98 Å². The molecule has 4 N–H and O–H groups in total. The Hall–Kier alpha value is -3.03. The summed E-state index contributed by atoms with van der Waals surface area (Å²) in [6, 6.07) is 9.99. The lowest BCUT2D eigenvalue weighted by Gasteiger charge is -2.09. The molecule has 0 spiro atoms. The summed E-state index contributed by atoms with van der Waals surface area (Å²) in [6.07, 6.45) is 0. The van der Waals surface area contributed by atoms with Crippen molar-refractivity contribution in [3.8, 4) is 5.75 Å². The number of H-pyrrole nitrogens is 1. The van der Waals surface area contributed by atoms with Crippen LogP contribution in [0.1, 0.15) is 0 Å². The van der Waals surface area contributed by atoms with Gasteiger partial charge in [-0.05, 0) is 24.3 Å². The van der Waals surface area contributed by atoms with Gasteiger partial charge in [0.1, 0.15) is 5.69 Å². The number of hydrogen-bond donors (Lipinski definition) is 4. The molecule has 0 unspecified atom stereocenters. The monoisotopic (exact) mass is 391 g/mol. The van der Waals surface area contributed by atoms with Crippen LogP contribution >= 0.6 is 23.2 Å². The van der Waals surface area contributed by atoms with E-state index in [-0.39, 0.29) is 26.6 Å². The van der Waals surface area contributed by atoms with E-state index in [9.17, 15) is 19.5 Å². The van der Waals surface area contributed by atoms with Crippen LogP contribution in [0.5, 0.6) is 5.75 Å². The van der Waals surface area contributed by atoms with E-state index in [1.165, 1.54) is 24.3 Å². The Labute approximate surface area is 156 Å². The van der Waals surface area contributed by atoms with Crippen LogP contribution in [0.15, 0.2) is 52.1 Å². The Balaban J connectivity index is 2.03. The number of aromatic hydroxyl groups is 1. The lowest BCUT2D eigenvalue weighted by molar-refractivity contribution is 0.262. The Morgan fingerprint density at radius 2 is 1.73 bits per heavy atom. The Morgan fingerprint density at radius 1 is 1.00 bits per heavy atom. The maximum Gasteiger partial charge on any atom is 0.323 e. The van der Waals surface area contributed by atoms with Gasteiger partial charge in [-0.1, -0.05) is 41.4 Å². The number of urea groups is 1. The molecule has 0 radical (unpaired) electrons. The normalized spacial score (nSPS) is 10.5. The summed E-state index contributed by atoms with van der Waals surface area (Å²) in [5, 5.41) is 15.5. The van der Waals surface area contributed by atoms with Gasteiger partial charge >= 0.3 is 6.03 Å². The molecule has 9 heteroatoms. The molecule has 0 aliphatic rings. The Kier molecular flexibility index (Phi) is 4.83. The second-order valence-corrected chi connectivity index (χ2v) is 6.02. The molecule has 0 aliphatic heterocycles. The second kappa shape index (κ2) is 7.07. The van der Waals surface area contributed by atoms with Gasteiger partial charge in [-0.3, -0.25) is 9.59 Å². The van der Waals surface area contributed by atoms with Crippen molar-refractivity contribution >= 4 is 51.5 Å². The number of halogens is 2. The highest BCUT2D eigenvalue weighted by Crippen LogP contribution is 2.30. The number of nitrogens with one attached hydrogen (secondary N) is 3. The molecule has 3 rings (SSSR count). The van der Waals surface area contributed by atoms with Crippen LogP contribution in [-0.2, 0) is 0 Å². The van der Waals surface area contributed by atoms with Gasteiger partial charge in [-0.2, -0.15) is 0 Å². The molecular formula is C17H11Cl2N3O4. The highest BCUT2D eigenvalue weighted by Gasteiger charge is 2.16. The maximum atomic E-state index is 12.2. The fourth-order valence-electron chi connectivity index (χ4n) is 2.32. The lowest BCUT2D eigenvalue weighted by atomic mass is 10.2. The average molecular weight is 392 g/mol. The number of carbonyl (C=O) groups excluding carboxylic acids is 1. The molecule has 0 saturated heterocycles. The van der Waals surface area contributed by atoms with Gasteiger partial charge in [0.05, 0.1) is 21.2 Å². The van der Waals surface area contributed by atoms with E-state index < -0.39 is 28.5 Å². The molecule has 0 atom stereocenters. The number of aromatic amines is 1. The third-order valence-electron chi connectivity index (χ3n) is 3.54. The molecule has 0 bridgehead atoms. The number of hydrogen-bond acceptors (Lipinski definition) is 4. The predicted molar refractivity (Wildman–Crippen MR) is 102 cm³/mol. The third kappa shape index (κ3) is 3.35. The van der Waals surface area contributed by atoms with Crippen molar-refractivity contribution in [3.63, 3.8) is 0 Å². The topological polar surface area (TPSA) is 111 Å². The minimum Gasteiger partial charge on any atom is -0.505 e. The highest BCUT2D eigenvalue weighted by molar-refractivity contribution is 6.44. The smallest absolute Gasteiger partial charge is 0.323 e. The number of amides is 2. The van der Waals surface area contributed by atoms with Gasteiger partial charge in [-0.15, -0.1) is 0 Å². The molecule has 2 aromatic carbocycles. The first kappa shape index (κ1) is 17.8. The largest absolute Gasteiger partial charge is 0.505 e. The third-order valence-corrected chi connectivity index (χ3v) is 4.36. The van der Waals surface area contributed by atoms with Crippen LogP contribution in [0.2, 0.25) is 10.0 Å². The van der Waals surface area contributed by atoms with Crippen LogP contribution in [-0.4, -0.2) is 16.1 Å². The predicted octanol–water partition coefficient (Wildman–Crippen LogP) is 3.54. The van der Waals surface area contributed by atoms with Gasteiger partial charge in [0.25, 0.3) is 11.0 Å². The molecule has 0 fully saturated rings. The number of aromatic nitrogens is 1. The minimum atomic E-state index is -1.09. The van der Waals surface area contributed by atoms with E-state index in [0.29, 0.717) is 0 Å². The second-order valence-electron chi connectivity index (χ2n) is 5.23. The zero-order chi connectivity index (χ0) is 18.8. The average Bonchev–Trinajstić information content (AvgIpc) is 2.70. The summed E-state index contributed by atoms with van der Waals surface area (Å²) in [6.45, 7) is 0. The summed E-state index contributed by atoms with van der Waals surface area (Å²) >= 11 is 11.9. The number of benzene rings is 2. The van der Waals surface area contributed by atoms with E-state index in [0.717, 1.165) is 0 Å². The molecule has 1 heterocycles. The molecule has 1 aromatic heterocycles. The van der Waals surface area contributed by atoms with E-state index in [2.05, 4.69) is 15.6 Å². The zero-order valence-corrected chi connectivity index (χ0v) is 14.5. The Morgan fingerprint density at radius 3 is 2.50 bits per heavy atom. The van der Waals surface area contributed by atoms with Gasteiger partial charge in [0.15, 0.2) is 5.75 Å². The summed E-state index contributed by atoms with van der Waals surface area (Å²) < 4.78 is 0. The van der Waals surface area contributed by atoms with E-state index in [1.807, 2.05) is 0 Å². The number of rotatable bonds is 2. The zero-order valence-electron chi connectivity index (χ0n) is 13.0. The molecule has 2 amide bonds. The number of anilines is 2. The Bertz CT molecular complexity index is 1140. The van der Waals surface area contributed by atoms with Crippen LogP contribution in [0.25, 0.3) is 10.9 Å². The van der Waals surface area contributed by atoms with E-state index in [1.54, 1.807) is 18.2 Å². The van der Waals surface area contributed by atoms with Gasteiger partial charge in [-0.25, -0.2) is 4.79 Å². The van der Waals surface area contributed by atoms with Crippen molar-refractivity contribution < 1.29 is 9.90 Å². The van der Waals surface area contributed by atoms with Crippen LogP contribution in [0, 0.1) is 0 Å². The van der Waals surface area contributed by atoms with Crippen molar-refractivity contribution in [3.05, 3.63) is 73.1 Å². The van der Waals surface area contributed by atoms with E-state index >= 15 is 0 Å².